The van der Waals surface area contributed by atoms with E-state index in [1.54, 1.807) is 60.4 Å². The lowest BCUT2D eigenvalue weighted by molar-refractivity contribution is -0.134. The molecule has 2 aliphatic rings. The Hall–Kier alpha value is -3.03. The summed E-state index contributed by atoms with van der Waals surface area (Å²) in [5, 5.41) is 12.8. The smallest absolute Gasteiger partial charge is 0.242 e. The van der Waals surface area contributed by atoms with E-state index in [0.29, 0.717) is 43.2 Å². The Morgan fingerprint density at radius 1 is 1.17 bits per heavy atom. The van der Waals surface area contributed by atoms with Crippen LogP contribution in [0.25, 0.3) is 0 Å². The Morgan fingerprint density at radius 3 is 2.57 bits per heavy atom. The highest BCUT2D eigenvalue weighted by atomic mass is 32.2. The predicted molar refractivity (Wildman–Crippen MR) is 159 cm³/mol. The van der Waals surface area contributed by atoms with Crippen molar-refractivity contribution < 1.29 is 32.6 Å². The van der Waals surface area contributed by atoms with Crippen LogP contribution < -0.4 is 10.1 Å². The summed E-state index contributed by atoms with van der Waals surface area (Å²) >= 11 is 0. The van der Waals surface area contributed by atoms with E-state index in [1.165, 1.54) is 11.4 Å². The number of hydrogen-bond acceptors (Lipinski definition) is 8. The summed E-state index contributed by atoms with van der Waals surface area (Å²) < 4.78 is 39.6. The third kappa shape index (κ3) is 8.07. The Morgan fingerprint density at radius 2 is 1.88 bits per heavy atom. The van der Waals surface area contributed by atoms with Crippen LogP contribution in [-0.2, 0) is 30.8 Å². The molecule has 0 aliphatic carbocycles. The number of nitrogens with zero attached hydrogens (tertiary/aromatic N) is 3. The van der Waals surface area contributed by atoms with E-state index in [2.05, 4.69) is 10.2 Å². The zero-order valence-corrected chi connectivity index (χ0v) is 25.4. The van der Waals surface area contributed by atoms with Crippen LogP contribution in [0, 0.1) is 5.92 Å². The molecule has 2 amide bonds. The van der Waals surface area contributed by atoms with E-state index in [4.69, 9.17) is 9.47 Å². The van der Waals surface area contributed by atoms with Gasteiger partial charge in [-0.1, -0.05) is 25.1 Å². The summed E-state index contributed by atoms with van der Waals surface area (Å²) in [6.07, 6.45) is -0.259. The Labute approximate surface area is 248 Å². The fourth-order valence-electron chi connectivity index (χ4n) is 5.16. The second-order valence-electron chi connectivity index (χ2n) is 11.1. The van der Waals surface area contributed by atoms with E-state index >= 15 is 0 Å². The van der Waals surface area contributed by atoms with Gasteiger partial charge in [0.15, 0.2) is 0 Å². The Kier molecular flexibility index (Phi) is 11.0. The zero-order chi connectivity index (χ0) is 30.3. The number of sulfonamides is 1. The van der Waals surface area contributed by atoms with Gasteiger partial charge in [-0.3, -0.25) is 14.5 Å². The fourth-order valence-corrected chi connectivity index (χ4v) is 6.36. The number of fused-ring (bicyclic) bond motifs is 1. The number of nitrogens with one attached hydrogen (secondary N) is 1. The van der Waals surface area contributed by atoms with Gasteiger partial charge in [0.2, 0.25) is 21.8 Å². The molecule has 1 fully saturated rings. The first-order chi connectivity index (χ1) is 20.1. The van der Waals surface area contributed by atoms with Crippen LogP contribution in [-0.4, -0.2) is 111 Å². The molecule has 11 nitrogen and oxygen atoms in total. The fraction of sp³-hybridized carbons (Fsp3) is 0.533. The molecule has 42 heavy (non-hydrogen) atoms. The molecule has 2 N–H and O–H groups in total. The number of aliphatic hydroxyl groups is 1. The molecule has 12 heteroatoms. The number of benzene rings is 2. The van der Waals surface area contributed by atoms with Crippen molar-refractivity contribution in [2.24, 2.45) is 5.92 Å². The standard InChI is InChI=1S/C30H42N4O7S/c1-22-19-34(23(2)21-35)30(37)18-24-17-25(31-29(36)11-12-33-13-15-40-16-14-33)9-10-27(24)41-28(22)20-32(3)42(38,39)26-7-5-4-6-8-26/h4-10,17,22-23,28,35H,11-16,18-21H2,1-3H3,(H,31,36)/t22-,23-,28+/m1/s1. The number of carbonyl (C=O) groups is 2. The number of carbonyl (C=O) groups excluding carboxylic acids is 2. The van der Waals surface area contributed by atoms with Crippen LogP contribution in [0.3, 0.4) is 0 Å². The van der Waals surface area contributed by atoms with Gasteiger partial charge in [-0.2, -0.15) is 4.31 Å². The van der Waals surface area contributed by atoms with Gasteiger partial charge in [0, 0.05) is 56.8 Å². The molecule has 4 rings (SSSR count). The van der Waals surface area contributed by atoms with Crippen LogP contribution in [0.2, 0.25) is 0 Å². The molecule has 0 spiro atoms. The van der Waals surface area contributed by atoms with E-state index in [1.807, 2.05) is 6.92 Å². The number of morpholine rings is 1. The van der Waals surface area contributed by atoms with Gasteiger partial charge in [0.1, 0.15) is 11.9 Å². The second-order valence-corrected chi connectivity index (χ2v) is 13.1. The van der Waals surface area contributed by atoms with E-state index in [0.717, 1.165) is 13.1 Å². The van der Waals surface area contributed by atoms with Crippen LogP contribution in [0.5, 0.6) is 5.75 Å². The number of rotatable bonds is 10. The lowest BCUT2D eigenvalue weighted by Crippen LogP contribution is -2.48. The van der Waals surface area contributed by atoms with E-state index in [9.17, 15) is 23.1 Å². The van der Waals surface area contributed by atoms with Crippen LogP contribution >= 0.6 is 0 Å². The number of hydrogen-bond donors (Lipinski definition) is 2. The first kappa shape index (κ1) is 31.9. The van der Waals surface area contributed by atoms with Crippen molar-refractivity contribution in [1.82, 2.24) is 14.1 Å². The van der Waals surface area contributed by atoms with Gasteiger partial charge in [-0.25, -0.2) is 8.42 Å². The monoisotopic (exact) mass is 602 g/mol. The summed E-state index contributed by atoms with van der Waals surface area (Å²) in [5.41, 5.74) is 1.13. The highest BCUT2D eigenvalue weighted by Gasteiger charge is 2.33. The molecule has 2 aromatic carbocycles. The molecule has 2 aliphatic heterocycles. The van der Waals surface area contributed by atoms with Crippen molar-refractivity contribution in [3.05, 3.63) is 54.1 Å². The molecule has 1 saturated heterocycles. The number of aliphatic hydroxyl groups excluding tert-OH is 1. The van der Waals surface area contributed by atoms with Gasteiger partial charge >= 0.3 is 0 Å². The SMILES string of the molecule is C[C@@H]1CN([C@H](C)CO)C(=O)Cc2cc(NC(=O)CCN3CCOCC3)ccc2O[C@H]1CN(C)S(=O)(=O)c1ccccc1. The number of anilines is 1. The van der Waals surface area contributed by atoms with Crippen LogP contribution in [0.4, 0.5) is 5.69 Å². The quantitative estimate of drug-likeness (QED) is 0.422. The minimum absolute atomic E-state index is 0.00869. The van der Waals surface area contributed by atoms with Crippen molar-refractivity contribution in [2.45, 2.75) is 43.7 Å². The Balaban J connectivity index is 1.56. The van der Waals surface area contributed by atoms with Crippen molar-refractivity contribution in [3.8, 4) is 5.75 Å². The highest BCUT2D eigenvalue weighted by molar-refractivity contribution is 7.89. The van der Waals surface area contributed by atoms with Crippen molar-refractivity contribution in [2.75, 3.05) is 64.9 Å². The summed E-state index contributed by atoms with van der Waals surface area (Å²) in [7, 11) is -2.26. The highest BCUT2D eigenvalue weighted by Crippen LogP contribution is 2.30. The third-order valence-electron chi connectivity index (χ3n) is 7.85. The van der Waals surface area contributed by atoms with Crippen molar-refractivity contribution in [1.29, 1.82) is 0 Å². The molecular formula is C30H42N4O7S. The molecule has 0 aromatic heterocycles. The summed E-state index contributed by atoms with van der Waals surface area (Å²) in [6.45, 7) is 7.37. The Bertz CT molecular complexity index is 1320. The first-order valence-electron chi connectivity index (χ1n) is 14.4. The minimum atomic E-state index is -3.77. The molecule has 2 aromatic rings. The summed E-state index contributed by atoms with van der Waals surface area (Å²) in [4.78, 5) is 30.2. The lowest BCUT2D eigenvalue weighted by Gasteiger charge is -2.33. The van der Waals surface area contributed by atoms with Crippen molar-refractivity contribution in [3.63, 3.8) is 0 Å². The second kappa shape index (κ2) is 14.4. The summed E-state index contributed by atoms with van der Waals surface area (Å²) in [6, 6.07) is 13.0. The molecule has 0 radical (unpaired) electrons. The number of ether oxygens (including phenoxy) is 2. The molecule has 0 unspecified atom stereocenters. The zero-order valence-electron chi connectivity index (χ0n) is 24.6. The average molecular weight is 603 g/mol. The van der Waals surface area contributed by atoms with Gasteiger partial charge in [0.25, 0.3) is 0 Å². The van der Waals surface area contributed by atoms with Crippen LogP contribution in [0.15, 0.2) is 53.4 Å². The van der Waals surface area contributed by atoms with Gasteiger partial charge in [0.05, 0.1) is 43.7 Å². The average Bonchev–Trinajstić information content (AvgIpc) is 3.04. The number of likely N-dealkylation sites (N-methyl/N-ethyl adjacent to an activating group) is 1. The van der Waals surface area contributed by atoms with Gasteiger partial charge in [-0.15, -0.1) is 0 Å². The maximum atomic E-state index is 13.5. The third-order valence-corrected chi connectivity index (χ3v) is 9.69. The van der Waals surface area contributed by atoms with Crippen LogP contribution in [0.1, 0.15) is 25.8 Å². The molecule has 0 bridgehead atoms. The topological polar surface area (TPSA) is 129 Å². The van der Waals surface area contributed by atoms with Gasteiger partial charge < -0.3 is 24.8 Å². The molecule has 230 valence electrons. The molecule has 2 heterocycles. The summed E-state index contributed by atoms with van der Waals surface area (Å²) in [5.74, 6) is -0.126. The minimum Gasteiger partial charge on any atom is -0.488 e. The lowest BCUT2D eigenvalue weighted by atomic mass is 10.0. The maximum Gasteiger partial charge on any atom is 0.242 e. The molecule has 0 saturated carbocycles. The van der Waals surface area contributed by atoms with Gasteiger partial charge in [-0.05, 0) is 37.3 Å². The van der Waals surface area contributed by atoms with Crippen molar-refractivity contribution >= 4 is 27.5 Å². The normalized spacial score (nSPS) is 21.1. The largest absolute Gasteiger partial charge is 0.488 e. The molecule has 3 atom stereocenters. The maximum absolute atomic E-state index is 13.5. The van der Waals surface area contributed by atoms with E-state index in [-0.39, 0.29) is 48.7 Å². The molecular weight excluding hydrogens is 560 g/mol. The predicted octanol–water partition coefficient (Wildman–Crippen LogP) is 1.82. The van der Waals surface area contributed by atoms with E-state index < -0.39 is 22.2 Å². The number of amides is 2. The first-order valence-corrected chi connectivity index (χ1v) is 15.8.